The molecule has 2 aliphatic heterocycles. The number of benzene rings is 1. The lowest BCUT2D eigenvalue weighted by Crippen LogP contribution is -2.56. The first-order chi connectivity index (χ1) is 13.0. The molecule has 1 saturated carbocycles. The van der Waals surface area contributed by atoms with Crippen molar-refractivity contribution in [1.82, 2.24) is 9.80 Å². The maximum Gasteiger partial charge on any atom is 0.253 e. The molecule has 3 aliphatic rings. The predicted octanol–water partition coefficient (Wildman–Crippen LogP) is 4.49. The summed E-state index contributed by atoms with van der Waals surface area (Å²) < 4.78 is 5.76. The lowest BCUT2D eigenvalue weighted by atomic mass is 9.69. The van der Waals surface area contributed by atoms with Crippen molar-refractivity contribution in [2.45, 2.75) is 50.6 Å². The minimum atomic E-state index is 0.0291. The fourth-order valence-corrected chi connectivity index (χ4v) is 5.51. The van der Waals surface area contributed by atoms with E-state index in [0.29, 0.717) is 27.1 Å². The van der Waals surface area contributed by atoms with Crippen LogP contribution < -0.4 is 0 Å². The Kier molecular flexibility index (Phi) is 5.71. The van der Waals surface area contributed by atoms with Crippen molar-refractivity contribution in [2.75, 3.05) is 33.4 Å². The van der Waals surface area contributed by atoms with E-state index in [-0.39, 0.29) is 11.9 Å². The maximum absolute atomic E-state index is 13.2. The van der Waals surface area contributed by atoms with Crippen molar-refractivity contribution in [3.05, 3.63) is 33.8 Å². The summed E-state index contributed by atoms with van der Waals surface area (Å²) in [5, 5.41) is 0.907. The number of ether oxygens (including phenoxy) is 1. The van der Waals surface area contributed by atoms with Crippen LogP contribution in [-0.4, -0.2) is 61.1 Å². The van der Waals surface area contributed by atoms with Gasteiger partial charge in [0.1, 0.15) is 0 Å². The number of hydrogen-bond acceptors (Lipinski definition) is 3. The molecule has 4 nitrogen and oxygen atoms in total. The van der Waals surface area contributed by atoms with E-state index >= 15 is 0 Å². The second kappa shape index (κ2) is 7.90. The Hall–Kier alpha value is -0.810. The van der Waals surface area contributed by atoms with Gasteiger partial charge in [-0.2, -0.15) is 0 Å². The lowest BCUT2D eigenvalue weighted by Gasteiger charge is -2.48. The zero-order chi connectivity index (χ0) is 19.0. The largest absolute Gasteiger partial charge is 0.381 e. The van der Waals surface area contributed by atoms with Crippen molar-refractivity contribution < 1.29 is 9.53 Å². The molecule has 1 spiro atoms. The molecule has 3 atom stereocenters. The van der Waals surface area contributed by atoms with Crippen molar-refractivity contribution in [2.24, 2.45) is 5.41 Å². The highest BCUT2D eigenvalue weighted by Gasteiger charge is 2.47. The van der Waals surface area contributed by atoms with Gasteiger partial charge in [-0.15, -0.1) is 0 Å². The number of carbonyl (C=O) groups excluding carboxylic acids is 1. The van der Waals surface area contributed by atoms with Crippen LogP contribution in [0.3, 0.4) is 0 Å². The minimum absolute atomic E-state index is 0.0291. The zero-order valence-corrected chi connectivity index (χ0v) is 17.4. The van der Waals surface area contributed by atoms with Gasteiger partial charge in [0.25, 0.3) is 5.91 Å². The van der Waals surface area contributed by atoms with E-state index in [1.54, 1.807) is 18.2 Å². The highest BCUT2D eigenvalue weighted by molar-refractivity contribution is 6.42. The standard InChI is InChI=1S/C21H28Cl2N2O2/c1-24(20(26)15-4-5-16(22)17(23)12-15)18-6-7-21(8-11-27-14-21)13-19(18)25-9-2-3-10-25/h4-5,12,18-19H,2-3,6-11,13-14H2,1H3/t18?,19-,21+/m1/s1. The number of halogens is 2. The average Bonchev–Trinajstić information content (AvgIpc) is 3.35. The van der Waals surface area contributed by atoms with Gasteiger partial charge in [-0.1, -0.05) is 23.2 Å². The topological polar surface area (TPSA) is 32.8 Å². The third-order valence-corrected chi connectivity index (χ3v) is 7.57. The number of amides is 1. The first-order valence-corrected chi connectivity index (χ1v) is 10.8. The van der Waals surface area contributed by atoms with Crippen LogP contribution in [0.25, 0.3) is 0 Å². The summed E-state index contributed by atoms with van der Waals surface area (Å²) in [6.07, 6.45) is 6.99. The van der Waals surface area contributed by atoms with Gasteiger partial charge in [0, 0.05) is 31.3 Å². The molecule has 1 amide bonds. The Morgan fingerprint density at radius 2 is 2.00 bits per heavy atom. The van der Waals surface area contributed by atoms with Gasteiger partial charge in [0.2, 0.25) is 0 Å². The van der Waals surface area contributed by atoms with Gasteiger partial charge in [-0.25, -0.2) is 0 Å². The van der Waals surface area contributed by atoms with Crippen molar-refractivity contribution in [3.8, 4) is 0 Å². The van der Waals surface area contributed by atoms with E-state index in [1.807, 2.05) is 11.9 Å². The average molecular weight is 411 g/mol. The van der Waals surface area contributed by atoms with E-state index < -0.39 is 0 Å². The van der Waals surface area contributed by atoms with E-state index in [1.165, 1.54) is 12.8 Å². The van der Waals surface area contributed by atoms with Crippen LogP contribution in [0.1, 0.15) is 48.9 Å². The highest BCUT2D eigenvalue weighted by atomic mass is 35.5. The summed E-state index contributed by atoms with van der Waals surface area (Å²) in [5.41, 5.74) is 0.925. The third kappa shape index (κ3) is 3.87. The fourth-order valence-electron chi connectivity index (χ4n) is 5.22. The summed E-state index contributed by atoms with van der Waals surface area (Å²) in [6.45, 7) is 4.06. The number of nitrogens with zero attached hydrogens (tertiary/aromatic N) is 2. The van der Waals surface area contributed by atoms with Crippen molar-refractivity contribution in [3.63, 3.8) is 0 Å². The molecule has 3 fully saturated rings. The molecule has 27 heavy (non-hydrogen) atoms. The van der Waals surface area contributed by atoms with Crippen LogP contribution in [0.4, 0.5) is 0 Å². The lowest BCUT2D eigenvalue weighted by molar-refractivity contribution is 0.0105. The first kappa shape index (κ1) is 19.5. The molecule has 1 aromatic rings. The number of likely N-dealkylation sites (tertiary alicyclic amines) is 1. The fraction of sp³-hybridized carbons (Fsp3) is 0.667. The van der Waals surface area contributed by atoms with Crippen molar-refractivity contribution in [1.29, 1.82) is 0 Å². The van der Waals surface area contributed by atoms with Crippen LogP contribution in [0, 0.1) is 5.41 Å². The summed E-state index contributed by atoms with van der Waals surface area (Å²) in [4.78, 5) is 17.7. The predicted molar refractivity (Wildman–Crippen MR) is 109 cm³/mol. The SMILES string of the molecule is CN(C(=O)c1ccc(Cl)c(Cl)c1)C1CC[C@]2(CCOC2)C[C@H]1N1CCCC1. The number of carbonyl (C=O) groups is 1. The Morgan fingerprint density at radius 3 is 2.67 bits per heavy atom. The molecular weight excluding hydrogens is 383 g/mol. The van der Waals surface area contributed by atoms with Gasteiger partial charge >= 0.3 is 0 Å². The highest BCUT2D eigenvalue weighted by Crippen LogP contribution is 2.46. The Morgan fingerprint density at radius 1 is 1.22 bits per heavy atom. The van der Waals surface area contributed by atoms with Gasteiger partial charge in [0.15, 0.2) is 0 Å². The molecular formula is C21H28Cl2N2O2. The number of likely N-dealkylation sites (N-methyl/N-ethyl adjacent to an activating group) is 1. The molecule has 1 aliphatic carbocycles. The van der Waals surface area contributed by atoms with E-state index in [2.05, 4.69) is 4.90 Å². The molecule has 148 valence electrons. The van der Waals surface area contributed by atoms with Gasteiger partial charge in [0.05, 0.1) is 16.7 Å². The number of rotatable bonds is 3. The summed E-state index contributed by atoms with van der Waals surface area (Å²) >= 11 is 12.2. The van der Waals surface area contributed by atoms with E-state index in [9.17, 15) is 4.79 Å². The molecule has 2 saturated heterocycles. The molecule has 0 aromatic heterocycles. The Balaban J connectivity index is 1.55. The quantitative estimate of drug-likeness (QED) is 0.735. The molecule has 1 aromatic carbocycles. The normalized spacial score (nSPS) is 31.5. The second-order valence-electron chi connectivity index (χ2n) is 8.47. The molecule has 0 bridgehead atoms. The van der Waals surface area contributed by atoms with Crippen molar-refractivity contribution >= 4 is 29.1 Å². The second-order valence-corrected chi connectivity index (χ2v) is 9.28. The first-order valence-electron chi connectivity index (χ1n) is 10.0. The van der Waals surface area contributed by atoms with Gasteiger partial charge in [-0.05, 0) is 75.2 Å². The summed E-state index contributed by atoms with van der Waals surface area (Å²) in [7, 11) is 1.95. The molecule has 1 unspecified atom stereocenters. The van der Waals surface area contributed by atoms with Crippen LogP contribution in [0.2, 0.25) is 10.0 Å². The molecule has 0 N–H and O–H groups in total. The van der Waals surface area contributed by atoms with Crippen LogP contribution in [-0.2, 0) is 4.74 Å². The Bertz CT molecular complexity index is 699. The van der Waals surface area contributed by atoms with Gasteiger partial charge < -0.3 is 9.64 Å². The van der Waals surface area contributed by atoms with Crippen LogP contribution in [0.5, 0.6) is 0 Å². The van der Waals surface area contributed by atoms with E-state index in [4.69, 9.17) is 27.9 Å². The summed E-state index contributed by atoms with van der Waals surface area (Å²) in [5.74, 6) is 0.0291. The summed E-state index contributed by atoms with van der Waals surface area (Å²) in [6, 6.07) is 5.81. The van der Waals surface area contributed by atoms with Gasteiger partial charge in [-0.3, -0.25) is 9.69 Å². The number of hydrogen-bond donors (Lipinski definition) is 0. The molecule has 2 heterocycles. The van der Waals surface area contributed by atoms with Crippen LogP contribution in [0.15, 0.2) is 18.2 Å². The molecule has 6 heteroatoms. The molecule has 4 rings (SSSR count). The zero-order valence-electron chi connectivity index (χ0n) is 15.9. The maximum atomic E-state index is 13.2. The van der Waals surface area contributed by atoms with E-state index in [0.717, 1.165) is 52.0 Å². The molecule has 0 radical (unpaired) electrons. The smallest absolute Gasteiger partial charge is 0.253 e. The Labute approximate surface area is 171 Å². The third-order valence-electron chi connectivity index (χ3n) is 6.84. The minimum Gasteiger partial charge on any atom is -0.381 e. The van der Waals surface area contributed by atoms with Crippen LogP contribution >= 0.6 is 23.2 Å². The monoisotopic (exact) mass is 410 g/mol.